The lowest BCUT2D eigenvalue weighted by atomic mass is 10.3. The van der Waals surface area contributed by atoms with Gasteiger partial charge in [0.05, 0.1) is 5.69 Å². The second kappa shape index (κ2) is 4.67. The first-order valence-electron chi connectivity index (χ1n) is 4.91. The molecule has 0 unspecified atom stereocenters. The van der Waals surface area contributed by atoms with Crippen LogP contribution in [0.5, 0.6) is 0 Å². The summed E-state index contributed by atoms with van der Waals surface area (Å²) < 4.78 is 5.89. The first-order valence-corrected chi connectivity index (χ1v) is 5.71. The maximum atomic E-state index is 11.8. The van der Waals surface area contributed by atoms with Crippen molar-refractivity contribution in [3.05, 3.63) is 40.1 Å². The Balaban J connectivity index is 2.19. The van der Waals surface area contributed by atoms with Gasteiger partial charge in [0, 0.05) is 10.7 Å². The fourth-order valence-corrected chi connectivity index (χ4v) is 1.52. The topological polar surface area (TPSA) is 68.0 Å². The van der Waals surface area contributed by atoms with Crippen molar-refractivity contribution >= 4 is 27.7 Å². The van der Waals surface area contributed by atoms with Crippen molar-refractivity contribution in [2.45, 2.75) is 13.8 Å². The average Bonchev–Trinajstić information content (AvgIpc) is 2.70. The summed E-state index contributed by atoms with van der Waals surface area (Å²) in [5.41, 5.74) is 1.54. The Morgan fingerprint density at radius 3 is 2.76 bits per heavy atom. The number of pyridine rings is 1. The summed E-state index contributed by atoms with van der Waals surface area (Å²) in [6.45, 7) is 3.62. The highest BCUT2D eigenvalue weighted by atomic mass is 79.9. The molecule has 0 spiro atoms. The van der Waals surface area contributed by atoms with Gasteiger partial charge in [-0.25, -0.2) is 9.97 Å². The number of carbonyl (C=O) groups excluding carboxylic acids is 1. The number of carbonyl (C=O) groups is 1. The summed E-state index contributed by atoms with van der Waals surface area (Å²) >= 11 is 3.34. The molecule has 1 amide bonds. The van der Waals surface area contributed by atoms with Crippen LogP contribution in [0.3, 0.4) is 0 Å². The second-order valence-electron chi connectivity index (χ2n) is 3.54. The molecule has 0 aromatic carbocycles. The van der Waals surface area contributed by atoms with Gasteiger partial charge in [-0.15, -0.1) is 0 Å². The molecule has 0 saturated carbocycles. The Hall–Kier alpha value is -1.69. The lowest BCUT2D eigenvalue weighted by Crippen LogP contribution is -2.13. The third-order valence-electron chi connectivity index (χ3n) is 2.24. The molecule has 0 aliphatic carbocycles. The van der Waals surface area contributed by atoms with E-state index in [1.807, 2.05) is 6.92 Å². The number of hydrogen-bond acceptors (Lipinski definition) is 4. The van der Waals surface area contributed by atoms with Crippen LogP contribution in [-0.4, -0.2) is 15.9 Å². The molecule has 5 nitrogen and oxygen atoms in total. The molecule has 0 aliphatic rings. The molecule has 2 aromatic heterocycles. The van der Waals surface area contributed by atoms with Gasteiger partial charge in [0.15, 0.2) is 6.39 Å². The standard InChI is InChI=1S/C11H10BrN3O2/c1-6-3-9(13-4-8(6)12)15-11(16)10-7(2)14-5-17-10/h3-5H,1-2H3,(H,13,15,16). The minimum atomic E-state index is -0.353. The SMILES string of the molecule is Cc1cc(NC(=O)c2ocnc2C)ncc1Br. The van der Waals surface area contributed by atoms with Crippen LogP contribution in [0.1, 0.15) is 21.8 Å². The van der Waals surface area contributed by atoms with Crippen LogP contribution in [0.2, 0.25) is 0 Å². The number of aryl methyl sites for hydroxylation is 2. The number of rotatable bonds is 2. The number of nitrogens with zero attached hydrogens (tertiary/aromatic N) is 2. The second-order valence-corrected chi connectivity index (χ2v) is 4.39. The van der Waals surface area contributed by atoms with E-state index in [4.69, 9.17) is 4.42 Å². The van der Waals surface area contributed by atoms with Crippen molar-refractivity contribution < 1.29 is 9.21 Å². The normalized spacial score (nSPS) is 10.3. The lowest BCUT2D eigenvalue weighted by molar-refractivity contribution is 0.0995. The average molecular weight is 296 g/mol. The van der Waals surface area contributed by atoms with Gasteiger partial charge in [-0.3, -0.25) is 4.79 Å². The zero-order valence-electron chi connectivity index (χ0n) is 9.32. The molecule has 0 saturated heterocycles. The van der Waals surface area contributed by atoms with Crippen molar-refractivity contribution in [3.63, 3.8) is 0 Å². The molecule has 2 heterocycles. The zero-order chi connectivity index (χ0) is 12.4. The van der Waals surface area contributed by atoms with E-state index in [1.165, 1.54) is 6.39 Å². The van der Waals surface area contributed by atoms with Crippen molar-refractivity contribution in [3.8, 4) is 0 Å². The Kier molecular flexibility index (Phi) is 3.23. The molecule has 0 atom stereocenters. The Bertz CT molecular complexity index is 566. The largest absolute Gasteiger partial charge is 0.438 e. The number of amides is 1. The van der Waals surface area contributed by atoms with Crippen LogP contribution in [0.4, 0.5) is 5.82 Å². The zero-order valence-corrected chi connectivity index (χ0v) is 10.9. The highest BCUT2D eigenvalue weighted by Gasteiger charge is 2.14. The Morgan fingerprint density at radius 2 is 2.18 bits per heavy atom. The van der Waals surface area contributed by atoms with Crippen LogP contribution < -0.4 is 5.32 Å². The van der Waals surface area contributed by atoms with E-state index in [-0.39, 0.29) is 11.7 Å². The summed E-state index contributed by atoms with van der Waals surface area (Å²) in [6, 6.07) is 1.77. The molecule has 2 aromatic rings. The van der Waals surface area contributed by atoms with Gasteiger partial charge in [-0.2, -0.15) is 0 Å². The monoisotopic (exact) mass is 295 g/mol. The number of hydrogen-bond donors (Lipinski definition) is 1. The predicted octanol–water partition coefficient (Wildman–Crippen LogP) is 2.70. The molecular formula is C11H10BrN3O2. The molecule has 88 valence electrons. The van der Waals surface area contributed by atoms with Crippen molar-refractivity contribution in [1.82, 2.24) is 9.97 Å². The van der Waals surface area contributed by atoms with Crippen molar-refractivity contribution in [1.29, 1.82) is 0 Å². The molecule has 2 rings (SSSR count). The van der Waals surface area contributed by atoms with Gasteiger partial charge in [0.2, 0.25) is 5.76 Å². The summed E-state index contributed by atoms with van der Waals surface area (Å²) in [4.78, 5) is 19.7. The molecule has 0 radical (unpaired) electrons. The third kappa shape index (κ3) is 2.52. The van der Waals surface area contributed by atoms with E-state index in [0.717, 1.165) is 10.0 Å². The summed E-state index contributed by atoms with van der Waals surface area (Å²) in [7, 11) is 0. The predicted molar refractivity (Wildman–Crippen MR) is 65.9 cm³/mol. The Morgan fingerprint density at radius 1 is 1.41 bits per heavy atom. The van der Waals surface area contributed by atoms with Gasteiger partial charge in [0.1, 0.15) is 5.82 Å². The third-order valence-corrected chi connectivity index (χ3v) is 3.07. The molecule has 0 fully saturated rings. The van der Waals surface area contributed by atoms with E-state index in [9.17, 15) is 4.79 Å². The fraction of sp³-hybridized carbons (Fsp3) is 0.182. The molecule has 6 heteroatoms. The highest BCUT2D eigenvalue weighted by Crippen LogP contribution is 2.18. The molecule has 0 aliphatic heterocycles. The molecule has 0 bridgehead atoms. The molecular weight excluding hydrogens is 286 g/mol. The number of anilines is 1. The maximum absolute atomic E-state index is 11.8. The van der Waals surface area contributed by atoms with Gasteiger partial charge < -0.3 is 9.73 Å². The van der Waals surface area contributed by atoms with Gasteiger partial charge in [-0.05, 0) is 41.4 Å². The van der Waals surface area contributed by atoms with E-state index in [0.29, 0.717) is 11.5 Å². The number of oxazole rings is 1. The highest BCUT2D eigenvalue weighted by molar-refractivity contribution is 9.10. The van der Waals surface area contributed by atoms with Crippen LogP contribution in [0.15, 0.2) is 27.5 Å². The molecule has 17 heavy (non-hydrogen) atoms. The van der Waals surface area contributed by atoms with E-state index in [2.05, 4.69) is 31.2 Å². The van der Waals surface area contributed by atoms with E-state index >= 15 is 0 Å². The van der Waals surface area contributed by atoms with Crippen LogP contribution in [-0.2, 0) is 0 Å². The van der Waals surface area contributed by atoms with Crippen molar-refractivity contribution in [2.24, 2.45) is 0 Å². The smallest absolute Gasteiger partial charge is 0.294 e. The van der Waals surface area contributed by atoms with Crippen molar-refractivity contribution in [2.75, 3.05) is 5.32 Å². The van der Waals surface area contributed by atoms with Gasteiger partial charge in [-0.1, -0.05) is 0 Å². The first-order chi connectivity index (χ1) is 8.08. The van der Waals surface area contributed by atoms with Gasteiger partial charge >= 0.3 is 0 Å². The Labute approximate surface area is 106 Å². The fourth-order valence-electron chi connectivity index (χ4n) is 1.30. The van der Waals surface area contributed by atoms with E-state index in [1.54, 1.807) is 19.2 Å². The van der Waals surface area contributed by atoms with E-state index < -0.39 is 0 Å². The number of nitrogens with one attached hydrogen (secondary N) is 1. The summed E-state index contributed by atoms with van der Waals surface area (Å²) in [5, 5.41) is 2.65. The quantitative estimate of drug-likeness (QED) is 0.925. The first kappa shape index (κ1) is 11.8. The summed E-state index contributed by atoms with van der Waals surface area (Å²) in [6.07, 6.45) is 2.88. The number of halogens is 1. The van der Waals surface area contributed by atoms with Crippen LogP contribution >= 0.6 is 15.9 Å². The van der Waals surface area contributed by atoms with Crippen LogP contribution in [0.25, 0.3) is 0 Å². The minimum Gasteiger partial charge on any atom is -0.438 e. The summed E-state index contributed by atoms with van der Waals surface area (Å²) in [5.74, 6) is 0.327. The molecule has 1 N–H and O–H groups in total. The number of aromatic nitrogens is 2. The van der Waals surface area contributed by atoms with Gasteiger partial charge in [0.25, 0.3) is 5.91 Å². The van der Waals surface area contributed by atoms with Crippen LogP contribution in [0, 0.1) is 13.8 Å². The lowest BCUT2D eigenvalue weighted by Gasteiger charge is -2.04. The maximum Gasteiger partial charge on any atom is 0.294 e. The minimum absolute atomic E-state index is 0.201.